The lowest BCUT2D eigenvalue weighted by Crippen LogP contribution is -2.04. The summed E-state index contributed by atoms with van der Waals surface area (Å²) in [5.41, 5.74) is 3.08. The Hall–Kier alpha value is -1.39. The molecule has 0 spiro atoms. The smallest absolute Gasteiger partial charge is 0.139 e. The fourth-order valence-electron chi connectivity index (χ4n) is 2.11. The Bertz CT molecular complexity index is 699. The number of nitrogens with zero attached hydrogens (tertiary/aromatic N) is 2. The van der Waals surface area contributed by atoms with Gasteiger partial charge in [-0.1, -0.05) is 37.6 Å². The van der Waals surface area contributed by atoms with E-state index < -0.39 is 0 Å². The summed E-state index contributed by atoms with van der Waals surface area (Å²) in [5, 5.41) is 3.81. The van der Waals surface area contributed by atoms with Crippen molar-refractivity contribution in [2.45, 2.75) is 33.1 Å². The first-order valence-corrected chi connectivity index (χ1v) is 8.29. The lowest BCUT2D eigenvalue weighted by Gasteiger charge is -2.14. The van der Waals surface area contributed by atoms with Crippen LogP contribution < -0.4 is 5.32 Å². The van der Waals surface area contributed by atoms with Gasteiger partial charge in [0.1, 0.15) is 16.8 Å². The molecular formula is C17H19BrClN3. The number of aromatic nitrogens is 2. The van der Waals surface area contributed by atoms with Gasteiger partial charge in [-0.3, -0.25) is 0 Å². The molecule has 0 aliphatic carbocycles. The molecule has 116 valence electrons. The van der Waals surface area contributed by atoms with Crippen molar-refractivity contribution in [3.63, 3.8) is 0 Å². The van der Waals surface area contributed by atoms with E-state index in [1.54, 1.807) is 6.08 Å². The first-order valence-electron chi connectivity index (χ1n) is 7.12. The molecule has 0 aliphatic rings. The number of anilines is 2. The van der Waals surface area contributed by atoms with Crippen LogP contribution in [0.2, 0.25) is 5.15 Å². The highest BCUT2D eigenvalue weighted by molar-refractivity contribution is 9.10. The number of halogens is 2. The molecule has 1 heterocycles. The van der Waals surface area contributed by atoms with Crippen LogP contribution in [0.25, 0.3) is 0 Å². The molecule has 0 amide bonds. The van der Waals surface area contributed by atoms with Crippen LogP contribution in [-0.2, 0) is 6.42 Å². The summed E-state index contributed by atoms with van der Waals surface area (Å²) < 4.78 is 0.996. The maximum absolute atomic E-state index is 6.24. The van der Waals surface area contributed by atoms with Gasteiger partial charge in [0.2, 0.25) is 0 Å². The van der Waals surface area contributed by atoms with E-state index in [2.05, 4.69) is 63.8 Å². The number of benzene rings is 1. The Kier molecular flexibility index (Phi) is 5.59. The molecule has 0 aliphatic heterocycles. The molecule has 2 aromatic rings. The van der Waals surface area contributed by atoms with Crippen LogP contribution in [0.5, 0.6) is 0 Å². The minimum atomic E-state index is 0.463. The van der Waals surface area contributed by atoms with Gasteiger partial charge >= 0.3 is 0 Å². The monoisotopic (exact) mass is 379 g/mol. The van der Waals surface area contributed by atoms with Crippen LogP contribution in [0.15, 0.2) is 35.3 Å². The van der Waals surface area contributed by atoms with E-state index in [0.29, 0.717) is 23.3 Å². The molecule has 0 saturated carbocycles. The number of aryl methyl sites for hydroxylation is 1. The molecule has 3 nitrogen and oxygen atoms in total. The summed E-state index contributed by atoms with van der Waals surface area (Å²) in [4.78, 5) is 8.68. The molecule has 0 bridgehead atoms. The third-order valence-electron chi connectivity index (χ3n) is 3.33. The standard InChI is InChI=1S/C17H19BrClN3/c1-5-6-13-16(19)20-11(4)21-17(13)22-15-8-7-12(10(2)3)9-14(15)18/h5,7-10H,1,6H2,2-4H3,(H,20,21,22). The van der Waals surface area contributed by atoms with Crippen LogP contribution in [0.3, 0.4) is 0 Å². The SMILES string of the molecule is C=CCc1c(Cl)nc(C)nc1Nc1ccc(C(C)C)cc1Br. The zero-order valence-electron chi connectivity index (χ0n) is 13.0. The van der Waals surface area contributed by atoms with Crippen molar-refractivity contribution in [1.29, 1.82) is 0 Å². The second-order valence-corrected chi connectivity index (χ2v) is 6.61. The lowest BCUT2D eigenvalue weighted by molar-refractivity contribution is 0.866. The minimum absolute atomic E-state index is 0.463. The first-order chi connectivity index (χ1) is 10.4. The molecule has 1 aromatic heterocycles. The van der Waals surface area contributed by atoms with E-state index in [9.17, 15) is 0 Å². The molecule has 1 aromatic carbocycles. The molecule has 5 heteroatoms. The molecule has 0 fully saturated rings. The van der Waals surface area contributed by atoms with Gasteiger partial charge in [-0.05, 0) is 52.9 Å². The Labute approximate surface area is 145 Å². The van der Waals surface area contributed by atoms with Crippen molar-refractivity contribution in [2.75, 3.05) is 5.32 Å². The average molecular weight is 381 g/mol. The minimum Gasteiger partial charge on any atom is -0.339 e. The Morgan fingerprint density at radius 2 is 2.09 bits per heavy atom. The van der Waals surface area contributed by atoms with E-state index in [1.165, 1.54) is 5.56 Å². The molecular weight excluding hydrogens is 362 g/mol. The van der Waals surface area contributed by atoms with Gasteiger partial charge < -0.3 is 5.32 Å². The van der Waals surface area contributed by atoms with E-state index in [1.807, 2.05) is 13.0 Å². The van der Waals surface area contributed by atoms with Crippen molar-refractivity contribution >= 4 is 39.0 Å². The van der Waals surface area contributed by atoms with Gasteiger partial charge in [0.25, 0.3) is 0 Å². The highest BCUT2D eigenvalue weighted by atomic mass is 79.9. The van der Waals surface area contributed by atoms with Crippen molar-refractivity contribution in [3.8, 4) is 0 Å². The predicted molar refractivity (Wildman–Crippen MR) is 97.2 cm³/mol. The fraction of sp³-hybridized carbons (Fsp3) is 0.294. The second kappa shape index (κ2) is 7.25. The van der Waals surface area contributed by atoms with E-state index in [-0.39, 0.29) is 0 Å². The summed E-state index contributed by atoms with van der Waals surface area (Å²) in [6, 6.07) is 6.28. The van der Waals surface area contributed by atoms with Crippen LogP contribution in [0.1, 0.15) is 36.7 Å². The molecule has 0 saturated heterocycles. The number of nitrogens with one attached hydrogen (secondary N) is 1. The number of hydrogen-bond donors (Lipinski definition) is 1. The summed E-state index contributed by atoms with van der Waals surface area (Å²) in [6.45, 7) is 9.93. The normalized spacial score (nSPS) is 10.8. The van der Waals surface area contributed by atoms with Crippen molar-refractivity contribution in [1.82, 2.24) is 9.97 Å². The maximum Gasteiger partial charge on any atom is 0.139 e. The topological polar surface area (TPSA) is 37.8 Å². The fourth-order valence-corrected chi connectivity index (χ4v) is 2.89. The largest absolute Gasteiger partial charge is 0.339 e. The highest BCUT2D eigenvalue weighted by Crippen LogP contribution is 2.31. The number of allylic oxidation sites excluding steroid dienone is 1. The zero-order chi connectivity index (χ0) is 16.3. The predicted octanol–water partition coefficient (Wildman–Crippen LogP) is 5.80. The van der Waals surface area contributed by atoms with Gasteiger partial charge in [-0.2, -0.15) is 0 Å². The van der Waals surface area contributed by atoms with Gasteiger partial charge in [-0.25, -0.2) is 9.97 Å². The zero-order valence-corrected chi connectivity index (χ0v) is 15.3. The van der Waals surface area contributed by atoms with E-state index in [0.717, 1.165) is 21.5 Å². The van der Waals surface area contributed by atoms with Crippen LogP contribution in [0, 0.1) is 6.92 Å². The lowest BCUT2D eigenvalue weighted by atomic mass is 10.0. The Balaban J connectivity index is 2.40. The van der Waals surface area contributed by atoms with Gasteiger partial charge in [0, 0.05) is 10.0 Å². The van der Waals surface area contributed by atoms with Crippen molar-refractivity contribution < 1.29 is 0 Å². The quantitative estimate of drug-likeness (QED) is 0.526. The van der Waals surface area contributed by atoms with Crippen molar-refractivity contribution in [3.05, 3.63) is 57.4 Å². The van der Waals surface area contributed by atoms with Crippen LogP contribution in [-0.4, -0.2) is 9.97 Å². The number of rotatable bonds is 5. The van der Waals surface area contributed by atoms with Gasteiger partial charge in [0.15, 0.2) is 0 Å². The Morgan fingerprint density at radius 3 is 2.68 bits per heavy atom. The van der Waals surface area contributed by atoms with E-state index >= 15 is 0 Å². The van der Waals surface area contributed by atoms with Crippen LogP contribution >= 0.6 is 27.5 Å². The maximum atomic E-state index is 6.24. The van der Waals surface area contributed by atoms with Crippen molar-refractivity contribution in [2.24, 2.45) is 0 Å². The summed E-state index contributed by atoms with van der Waals surface area (Å²) in [6.07, 6.45) is 2.41. The molecule has 0 unspecified atom stereocenters. The highest BCUT2D eigenvalue weighted by Gasteiger charge is 2.12. The number of hydrogen-bond acceptors (Lipinski definition) is 3. The average Bonchev–Trinajstić information content (AvgIpc) is 2.44. The molecule has 2 rings (SSSR count). The summed E-state index contributed by atoms with van der Waals surface area (Å²) in [5.74, 6) is 1.84. The summed E-state index contributed by atoms with van der Waals surface area (Å²) >= 11 is 9.85. The Morgan fingerprint density at radius 1 is 1.36 bits per heavy atom. The second-order valence-electron chi connectivity index (χ2n) is 5.40. The van der Waals surface area contributed by atoms with Gasteiger partial charge in [0.05, 0.1) is 5.69 Å². The van der Waals surface area contributed by atoms with Gasteiger partial charge in [-0.15, -0.1) is 6.58 Å². The third-order valence-corrected chi connectivity index (χ3v) is 4.30. The first kappa shape index (κ1) is 17.0. The molecule has 22 heavy (non-hydrogen) atoms. The third kappa shape index (κ3) is 3.87. The summed E-state index contributed by atoms with van der Waals surface area (Å²) in [7, 11) is 0. The molecule has 0 atom stereocenters. The van der Waals surface area contributed by atoms with Crippen LogP contribution in [0.4, 0.5) is 11.5 Å². The molecule has 1 N–H and O–H groups in total. The van der Waals surface area contributed by atoms with E-state index in [4.69, 9.17) is 11.6 Å². The molecule has 0 radical (unpaired) electrons.